The van der Waals surface area contributed by atoms with Gasteiger partial charge in [-0.3, -0.25) is 4.79 Å². The predicted octanol–water partition coefficient (Wildman–Crippen LogP) is 1.34. The fourth-order valence-corrected chi connectivity index (χ4v) is 1.05. The van der Waals surface area contributed by atoms with E-state index in [1.54, 1.807) is 0 Å². The molecule has 0 unspecified atom stereocenters. The van der Waals surface area contributed by atoms with E-state index in [4.69, 9.17) is 7.85 Å². The highest BCUT2D eigenvalue weighted by Crippen LogP contribution is 2.29. The van der Waals surface area contributed by atoms with Gasteiger partial charge >= 0.3 is 6.36 Å². The molecule has 0 heterocycles. The SMILES string of the molecule is [B]c1ccc(OC(F)(F)F)c(NC(C)=O)c1. The van der Waals surface area contributed by atoms with E-state index in [2.05, 4.69) is 10.1 Å². The third-order valence-corrected chi connectivity index (χ3v) is 1.54. The minimum absolute atomic E-state index is 0.121. The number of ether oxygens (including phenoxy) is 1. The van der Waals surface area contributed by atoms with Crippen molar-refractivity contribution in [3.63, 3.8) is 0 Å². The zero-order valence-corrected chi connectivity index (χ0v) is 8.26. The van der Waals surface area contributed by atoms with Gasteiger partial charge in [-0.15, -0.1) is 13.2 Å². The first-order valence-electron chi connectivity index (χ1n) is 4.21. The first kappa shape index (κ1) is 12.4. The van der Waals surface area contributed by atoms with Gasteiger partial charge in [0.1, 0.15) is 7.85 Å². The summed E-state index contributed by atoms with van der Waals surface area (Å²) in [5.74, 6) is -1.02. The van der Waals surface area contributed by atoms with Crippen LogP contribution in [-0.2, 0) is 4.79 Å². The minimum Gasteiger partial charge on any atom is -0.404 e. The Morgan fingerprint density at radius 3 is 2.56 bits per heavy atom. The molecule has 1 rings (SSSR count). The number of rotatable bonds is 2. The molecule has 7 heteroatoms. The van der Waals surface area contributed by atoms with Crippen molar-refractivity contribution >= 4 is 24.9 Å². The summed E-state index contributed by atoms with van der Waals surface area (Å²) in [5, 5.41) is 2.19. The monoisotopic (exact) mass is 229 g/mol. The molecule has 0 saturated heterocycles. The number of nitrogens with one attached hydrogen (secondary N) is 1. The fourth-order valence-electron chi connectivity index (χ4n) is 1.05. The van der Waals surface area contributed by atoms with Crippen molar-refractivity contribution in [2.75, 3.05) is 5.32 Å². The number of alkyl halides is 3. The Morgan fingerprint density at radius 1 is 1.44 bits per heavy atom. The van der Waals surface area contributed by atoms with Crippen molar-refractivity contribution in [2.24, 2.45) is 0 Å². The van der Waals surface area contributed by atoms with E-state index < -0.39 is 18.0 Å². The van der Waals surface area contributed by atoms with E-state index in [1.807, 2.05) is 0 Å². The average Bonchev–Trinajstić information content (AvgIpc) is 2.06. The molecule has 3 nitrogen and oxygen atoms in total. The maximum absolute atomic E-state index is 12.0. The molecule has 0 bridgehead atoms. The Morgan fingerprint density at radius 2 is 2.06 bits per heavy atom. The molecule has 84 valence electrons. The van der Waals surface area contributed by atoms with Crippen LogP contribution in [0.3, 0.4) is 0 Å². The summed E-state index contributed by atoms with van der Waals surface area (Å²) in [6.07, 6.45) is -4.82. The number of hydrogen-bond donors (Lipinski definition) is 1. The van der Waals surface area contributed by atoms with E-state index in [0.29, 0.717) is 0 Å². The number of hydrogen-bond acceptors (Lipinski definition) is 2. The predicted molar refractivity (Wildman–Crippen MR) is 52.8 cm³/mol. The van der Waals surface area contributed by atoms with Gasteiger partial charge in [0.2, 0.25) is 5.91 Å². The van der Waals surface area contributed by atoms with Crippen LogP contribution in [0.25, 0.3) is 0 Å². The normalized spacial score (nSPS) is 11.0. The Kier molecular flexibility index (Phi) is 3.46. The molecule has 1 aromatic rings. The Bertz CT molecular complexity index is 406. The number of anilines is 1. The van der Waals surface area contributed by atoms with Crippen LogP contribution in [0.5, 0.6) is 5.75 Å². The summed E-state index contributed by atoms with van der Waals surface area (Å²) >= 11 is 0. The van der Waals surface area contributed by atoms with Gasteiger partial charge in [0.15, 0.2) is 5.75 Å². The van der Waals surface area contributed by atoms with Gasteiger partial charge < -0.3 is 10.1 Å². The van der Waals surface area contributed by atoms with Crippen LogP contribution in [0, 0.1) is 0 Å². The summed E-state index contributed by atoms with van der Waals surface area (Å²) < 4.78 is 39.7. The molecule has 0 aliphatic heterocycles. The lowest BCUT2D eigenvalue weighted by Gasteiger charge is -2.13. The standard InChI is InChI=1S/C9H7BF3NO2/c1-5(15)14-7-4-6(10)2-3-8(7)16-9(11,12)13/h2-4H,1H3,(H,14,15). The second-order valence-electron chi connectivity index (χ2n) is 2.98. The Balaban J connectivity index is 3.02. The number of benzene rings is 1. The molecule has 1 aromatic carbocycles. The van der Waals surface area contributed by atoms with Gasteiger partial charge in [-0.2, -0.15) is 0 Å². The third kappa shape index (κ3) is 3.84. The Hall–Kier alpha value is -1.66. The van der Waals surface area contributed by atoms with Crippen molar-refractivity contribution in [2.45, 2.75) is 13.3 Å². The maximum atomic E-state index is 12.0. The molecule has 0 saturated carbocycles. The van der Waals surface area contributed by atoms with Gasteiger partial charge in [0, 0.05) is 6.92 Å². The average molecular weight is 229 g/mol. The van der Waals surface area contributed by atoms with Crippen LogP contribution in [0.2, 0.25) is 0 Å². The molecule has 0 aromatic heterocycles. The molecule has 16 heavy (non-hydrogen) atoms. The summed E-state index contributed by atoms with van der Waals surface area (Å²) in [6, 6.07) is 3.46. The van der Waals surface area contributed by atoms with Crippen molar-refractivity contribution in [1.82, 2.24) is 0 Å². The van der Waals surface area contributed by atoms with Gasteiger partial charge in [0.05, 0.1) is 5.69 Å². The molecule has 0 atom stereocenters. The lowest BCUT2D eigenvalue weighted by atomic mass is 9.95. The molecule has 0 fully saturated rings. The fraction of sp³-hybridized carbons (Fsp3) is 0.222. The van der Waals surface area contributed by atoms with E-state index in [9.17, 15) is 18.0 Å². The Labute approximate surface area is 91.0 Å². The first-order valence-corrected chi connectivity index (χ1v) is 4.21. The summed E-state index contributed by atoms with van der Waals surface area (Å²) in [4.78, 5) is 10.8. The van der Waals surface area contributed by atoms with Crippen LogP contribution in [0.4, 0.5) is 18.9 Å². The van der Waals surface area contributed by atoms with E-state index in [0.717, 1.165) is 6.07 Å². The second kappa shape index (κ2) is 4.46. The topological polar surface area (TPSA) is 38.3 Å². The molecule has 2 radical (unpaired) electrons. The highest BCUT2D eigenvalue weighted by atomic mass is 19.4. The van der Waals surface area contributed by atoms with Crippen LogP contribution in [0.1, 0.15) is 6.92 Å². The van der Waals surface area contributed by atoms with E-state index in [-0.39, 0.29) is 11.2 Å². The van der Waals surface area contributed by atoms with Gasteiger partial charge in [-0.05, 0) is 12.1 Å². The molecule has 0 aliphatic rings. The number of amides is 1. The van der Waals surface area contributed by atoms with Crippen LogP contribution in [0.15, 0.2) is 18.2 Å². The quantitative estimate of drug-likeness (QED) is 0.777. The molecule has 1 N–H and O–H groups in total. The molecule has 0 spiro atoms. The van der Waals surface area contributed by atoms with Crippen molar-refractivity contribution in [1.29, 1.82) is 0 Å². The molecular formula is C9H7BF3NO2. The number of carbonyl (C=O) groups is 1. The zero-order valence-electron chi connectivity index (χ0n) is 8.26. The van der Waals surface area contributed by atoms with Crippen molar-refractivity contribution < 1.29 is 22.7 Å². The highest BCUT2D eigenvalue weighted by molar-refractivity contribution is 6.32. The number of halogens is 3. The van der Waals surface area contributed by atoms with Crippen LogP contribution >= 0.6 is 0 Å². The molecule has 0 aliphatic carbocycles. The van der Waals surface area contributed by atoms with E-state index in [1.165, 1.54) is 19.1 Å². The van der Waals surface area contributed by atoms with Crippen LogP contribution < -0.4 is 15.5 Å². The smallest absolute Gasteiger partial charge is 0.404 e. The van der Waals surface area contributed by atoms with Crippen molar-refractivity contribution in [3.05, 3.63) is 18.2 Å². The largest absolute Gasteiger partial charge is 0.573 e. The minimum atomic E-state index is -4.82. The van der Waals surface area contributed by atoms with Crippen LogP contribution in [-0.4, -0.2) is 20.1 Å². The summed E-state index contributed by atoms with van der Waals surface area (Å²) in [6.45, 7) is 1.17. The maximum Gasteiger partial charge on any atom is 0.573 e. The lowest BCUT2D eigenvalue weighted by Crippen LogP contribution is -2.20. The second-order valence-corrected chi connectivity index (χ2v) is 2.98. The molecular weight excluding hydrogens is 222 g/mol. The van der Waals surface area contributed by atoms with Gasteiger partial charge in [0.25, 0.3) is 0 Å². The van der Waals surface area contributed by atoms with E-state index >= 15 is 0 Å². The van der Waals surface area contributed by atoms with Gasteiger partial charge in [-0.25, -0.2) is 0 Å². The first-order chi connectivity index (χ1) is 7.28. The number of carbonyl (C=O) groups excluding carboxylic acids is 1. The summed E-state index contributed by atoms with van der Waals surface area (Å²) in [5.41, 5.74) is 0.100. The molecule has 1 amide bonds. The van der Waals surface area contributed by atoms with Crippen molar-refractivity contribution in [3.8, 4) is 5.75 Å². The zero-order chi connectivity index (χ0) is 12.3. The van der Waals surface area contributed by atoms with Gasteiger partial charge in [-0.1, -0.05) is 11.5 Å². The highest BCUT2D eigenvalue weighted by Gasteiger charge is 2.32. The summed E-state index contributed by atoms with van der Waals surface area (Å²) in [7, 11) is 5.38. The lowest BCUT2D eigenvalue weighted by molar-refractivity contribution is -0.274. The third-order valence-electron chi connectivity index (χ3n) is 1.54.